The van der Waals surface area contributed by atoms with E-state index in [-0.39, 0.29) is 0 Å². The largest absolute Gasteiger partial charge is 0.309 e. The molecule has 0 amide bonds. The Balaban J connectivity index is 1.17. The van der Waals surface area contributed by atoms with Crippen LogP contribution in [0.15, 0.2) is 212 Å². The summed E-state index contributed by atoms with van der Waals surface area (Å²) in [7, 11) is 0. The lowest BCUT2D eigenvalue weighted by Crippen LogP contribution is -2.22. The lowest BCUT2D eigenvalue weighted by molar-refractivity contribution is 0.956. The second-order valence-corrected chi connectivity index (χ2v) is 21.3. The fourth-order valence-electron chi connectivity index (χ4n) is 11.7. The standard InChI is InChI=1S/C73H62N8/c1-45-38-47(3)65(48(4)39-45)80(66-49(5)40-46(2)41-50(66)6)64-42-51(7)67(53(9)52(64)8)81(72-76-68(57-28-18-12-19-29-57)74-70(78-72)59-36-34-55(35-37-59)54-24-14-10-15-25-54)73-77-69(58-30-20-13-21-31-58)75-71(79-73)63-44-61-33-23-22-32-60(61)43-62(63)56-26-16-11-17-27-56/h10-44H,1-9H3. The molecule has 0 atom stereocenters. The highest BCUT2D eigenvalue weighted by Gasteiger charge is 2.31. The van der Waals surface area contributed by atoms with E-state index in [2.05, 4.69) is 207 Å². The van der Waals surface area contributed by atoms with E-state index in [1.807, 2.05) is 77.7 Å². The highest BCUT2D eigenvalue weighted by molar-refractivity contribution is 5.96. The average Bonchev–Trinajstić information content (AvgIpc) is 3.57. The predicted molar refractivity (Wildman–Crippen MR) is 335 cm³/mol. The van der Waals surface area contributed by atoms with E-state index >= 15 is 0 Å². The summed E-state index contributed by atoms with van der Waals surface area (Å²) in [6.07, 6.45) is 0. The molecule has 0 saturated carbocycles. The van der Waals surface area contributed by atoms with Crippen molar-refractivity contribution in [2.24, 2.45) is 0 Å². The lowest BCUT2D eigenvalue weighted by atomic mass is 9.95. The van der Waals surface area contributed by atoms with Gasteiger partial charge in [-0.2, -0.15) is 19.9 Å². The van der Waals surface area contributed by atoms with Crippen LogP contribution in [0.2, 0.25) is 0 Å². The van der Waals surface area contributed by atoms with Crippen LogP contribution in [0, 0.1) is 62.3 Å². The smallest absolute Gasteiger partial charge is 0.241 e. The zero-order valence-electron chi connectivity index (χ0n) is 47.3. The van der Waals surface area contributed by atoms with Gasteiger partial charge in [-0.05, 0) is 152 Å². The molecule has 8 nitrogen and oxygen atoms in total. The van der Waals surface area contributed by atoms with Gasteiger partial charge >= 0.3 is 0 Å². The van der Waals surface area contributed by atoms with Gasteiger partial charge in [0.05, 0.1) is 17.1 Å². The molecule has 0 unspecified atom stereocenters. The summed E-state index contributed by atoms with van der Waals surface area (Å²) in [5, 5.41) is 2.19. The van der Waals surface area contributed by atoms with E-state index in [1.54, 1.807) is 0 Å². The van der Waals surface area contributed by atoms with E-state index in [9.17, 15) is 0 Å². The monoisotopic (exact) mass is 1050 g/mol. The van der Waals surface area contributed by atoms with E-state index in [0.29, 0.717) is 35.2 Å². The molecule has 0 aliphatic carbocycles. The third-order valence-electron chi connectivity index (χ3n) is 15.4. The molecule has 0 N–H and O–H groups in total. The van der Waals surface area contributed by atoms with Crippen LogP contribution in [0.4, 0.5) is 34.6 Å². The number of aromatic nitrogens is 6. The third kappa shape index (κ3) is 10.1. The SMILES string of the molecule is Cc1cc(C)c(N(c2cc(C)c(N(c3nc(-c4ccccc4)nc(-c4ccc(-c5ccccc5)cc4)n3)c3nc(-c4ccccc4)nc(-c4cc5ccccc5cc4-c4ccccc4)n3)c(C)c2C)c2c(C)cc(C)cc2C)c(C)c1. The van der Waals surface area contributed by atoms with Crippen LogP contribution in [0.5, 0.6) is 0 Å². The molecule has 12 rings (SSSR count). The number of rotatable bonds is 12. The van der Waals surface area contributed by atoms with Crippen LogP contribution >= 0.6 is 0 Å². The van der Waals surface area contributed by atoms with Crippen molar-refractivity contribution < 1.29 is 0 Å². The van der Waals surface area contributed by atoms with Crippen LogP contribution in [0.25, 0.3) is 78.6 Å². The average molecular weight is 1050 g/mol. The highest BCUT2D eigenvalue weighted by Crippen LogP contribution is 2.49. The Morgan fingerprint density at radius 3 is 1.07 bits per heavy atom. The van der Waals surface area contributed by atoms with Crippen LogP contribution in [0.1, 0.15) is 50.1 Å². The van der Waals surface area contributed by atoms with Gasteiger partial charge < -0.3 is 4.90 Å². The van der Waals surface area contributed by atoms with Crippen LogP contribution in [-0.4, -0.2) is 29.9 Å². The van der Waals surface area contributed by atoms with Gasteiger partial charge in [-0.15, -0.1) is 0 Å². The maximum absolute atomic E-state index is 5.65. The van der Waals surface area contributed by atoms with Crippen molar-refractivity contribution in [2.45, 2.75) is 62.3 Å². The Bertz CT molecular complexity index is 4210. The summed E-state index contributed by atoms with van der Waals surface area (Å²) in [5.41, 5.74) is 22.2. The van der Waals surface area contributed by atoms with Gasteiger partial charge in [-0.25, -0.2) is 14.9 Å². The molecule has 0 aliphatic heterocycles. The molecule has 2 aromatic heterocycles. The van der Waals surface area contributed by atoms with Gasteiger partial charge in [0.2, 0.25) is 11.9 Å². The number of hydrogen-bond donors (Lipinski definition) is 0. The second kappa shape index (κ2) is 21.7. The van der Waals surface area contributed by atoms with E-state index < -0.39 is 0 Å². The van der Waals surface area contributed by atoms with Gasteiger partial charge in [-0.1, -0.05) is 205 Å². The quantitative estimate of drug-likeness (QED) is 0.120. The number of fused-ring (bicyclic) bond motifs is 1. The number of anilines is 6. The Morgan fingerprint density at radius 2 is 0.605 bits per heavy atom. The first-order valence-corrected chi connectivity index (χ1v) is 27.6. The molecule has 0 aliphatic rings. The first-order chi connectivity index (χ1) is 39.4. The van der Waals surface area contributed by atoms with Crippen LogP contribution in [-0.2, 0) is 0 Å². The number of benzene rings is 10. The van der Waals surface area contributed by atoms with Gasteiger partial charge in [0.1, 0.15) is 0 Å². The summed E-state index contributed by atoms with van der Waals surface area (Å²) in [6.45, 7) is 19.9. The summed E-state index contributed by atoms with van der Waals surface area (Å²) >= 11 is 0. The molecule has 12 aromatic rings. The first-order valence-electron chi connectivity index (χ1n) is 27.6. The third-order valence-corrected chi connectivity index (χ3v) is 15.4. The maximum atomic E-state index is 5.65. The minimum Gasteiger partial charge on any atom is -0.309 e. The number of aryl methyl sites for hydroxylation is 7. The van der Waals surface area contributed by atoms with E-state index in [1.165, 1.54) is 33.4 Å². The zero-order valence-corrected chi connectivity index (χ0v) is 47.3. The normalized spacial score (nSPS) is 11.3. The Hall–Kier alpha value is -9.92. The topological polar surface area (TPSA) is 83.8 Å². The fourth-order valence-corrected chi connectivity index (χ4v) is 11.7. The molecule has 8 heteroatoms. The molecular formula is C73H62N8. The van der Waals surface area contributed by atoms with E-state index in [4.69, 9.17) is 29.9 Å². The van der Waals surface area contributed by atoms with Crippen molar-refractivity contribution in [1.82, 2.24) is 29.9 Å². The van der Waals surface area contributed by atoms with Crippen molar-refractivity contribution in [3.63, 3.8) is 0 Å². The van der Waals surface area contributed by atoms with Crippen molar-refractivity contribution >= 4 is 45.4 Å². The molecule has 0 bridgehead atoms. The molecular weight excluding hydrogens is 989 g/mol. The summed E-state index contributed by atoms with van der Waals surface area (Å²) in [6, 6.07) is 74.0. The van der Waals surface area contributed by atoms with Gasteiger partial charge in [0.25, 0.3) is 0 Å². The second-order valence-electron chi connectivity index (χ2n) is 21.3. The van der Waals surface area contributed by atoms with Crippen LogP contribution in [0.3, 0.4) is 0 Å². The molecule has 0 radical (unpaired) electrons. The summed E-state index contributed by atoms with van der Waals surface area (Å²) < 4.78 is 0. The van der Waals surface area contributed by atoms with Crippen LogP contribution < -0.4 is 9.80 Å². The van der Waals surface area contributed by atoms with Crippen molar-refractivity contribution in [3.05, 3.63) is 262 Å². The molecule has 0 saturated heterocycles. The molecule has 394 valence electrons. The summed E-state index contributed by atoms with van der Waals surface area (Å²) in [5.74, 6) is 2.74. The van der Waals surface area contributed by atoms with Crippen molar-refractivity contribution in [3.8, 4) is 67.8 Å². The number of nitrogens with zero attached hydrogens (tertiary/aromatic N) is 8. The first kappa shape index (κ1) is 51.8. The van der Waals surface area contributed by atoms with Crippen molar-refractivity contribution in [1.29, 1.82) is 0 Å². The minimum absolute atomic E-state index is 0.354. The zero-order chi connectivity index (χ0) is 55.9. The van der Waals surface area contributed by atoms with E-state index in [0.717, 1.165) is 94.7 Å². The maximum Gasteiger partial charge on any atom is 0.241 e. The molecule has 2 heterocycles. The van der Waals surface area contributed by atoms with Crippen molar-refractivity contribution in [2.75, 3.05) is 9.80 Å². The molecule has 0 fully saturated rings. The Kier molecular flexibility index (Phi) is 13.9. The summed E-state index contributed by atoms with van der Waals surface area (Å²) in [4.78, 5) is 37.4. The fraction of sp³-hybridized carbons (Fsp3) is 0.123. The lowest BCUT2D eigenvalue weighted by Gasteiger charge is -2.35. The van der Waals surface area contributed by atoms with Gasteiger partial charge in [-0.3, -0.25) is 0 Å². The Morgan fingerprint density at radius 1 is 0.259 bits per heavy atom. The molecule has 81 heavy (non-hydrogen) atoms. The number of hydrogen-bond acceptors (Lipinski definition) is 8. The highest BCUT2D eigenvalue weighted by atomic mass is 15.4. The Labute approximate surface area is 475 Å². The predicted octanol–water partition coefficient (Wildman–Crippen LogP) is 18.9. The van der Waals surface area contributed by atoms with Gasteiger partial charge in [0, 0.05) is 27.9 Å². The van der Waals surface area contributed by atoms with Gasteiger partial charge in [0.15, 0.2) is 23.3 Å². The molecule has 10 aromatic carbocycles. The minimum atomic E-state index is 0.354. The molecule has 0 spiro atoms.